The molecule has 4 nitrogen and oxygen atoms in total. The van der Waals surface area contributed by atoms with Gasteiger partial charge in [0.15, 0.2) is 0 Å². The quantitative estimate of drug-likeness (QED) is 0.844. The normalized spacial score (nSPS) is 25.9. The number of nitrogens with one attached hydrogen (secondary N) is 1. The maximum absolute atomic E-state index is 12.6. The number of carbonyl (C=O) groups is 2. The lowest BCUT2D eigenvalue weighted by Gasteiger charge is -2.35. The molecule has 2 unspecified atom stereocenters. The molecule has 106 valence electrons. The summed E-state index contributed by atoms with van der Waals surface area (Å²) in [4.78, 5) is 26.5. The molecule has 1 aromatic rings. The first kappa shape index (κ1) is 13.2. The molecule has 0 aliphatic carbocycles. The van der Waals surface area contributed by atoms with Gasteiger partial charge in [-0.25, -0.2) is 0 Å². The molecule has 4 heteroatoms. The molecule has 0 saturated carbocycles. The van der Waals surface area contributed by atoms with Gasteiger partial charge in [-0.2, -0.15) is 0 Å². The van der Waals surface area contributed by atoms with Gasteiger partial charge in [0.2, 0.25) is 5.91 Å². The summed E-state index contributed by atoms with van der Waals surface area (Å²) in [7, 11) is 0. The van der Waals surface area contributed by atoms with Gasteiger partial charge in [-0.15, -0.1) is 0 Å². The van der Waals surface area contributed by atoms with Crippen molar-refractivity contribution in [3.63, 3.8) is 0 Å². The Balaban J connectivity index is 1.76. The lowest BCUT2D eigenvalue weighted by atomic mass is 9.93. The van der Waals surface area contributed by atoms with Crippen LogP contribution < -0.4 is 5.32 Å². The molecule has 1 aromatic carbocycles. The first-order valence-electron chi connectivity index (χ1n) is 7.32. The Labute approximate surface area is 119 Å². The zero-order valence-electron chi connectivity index (χ0n) is 11.8. The number of rotatable bonds is 1. The van der Waals surface area contributed by atoms with Gasteiger partial charge in [-0.3, -0.25) is 9.59 Å². The van der Waals surface area contributed by atoms with Crippen LogP contribution in [0.5, 0.6) is 0 Å². The third-order valence-electron chi connectivity index (χ3n) is 4.26. The molecule has 0 aromatic heterocycles. The van der Waals surface area contributed by atoms with Crippen LogP contribution in [0.4, 0.5) is 0 Å². The molecular weight excluding hydrogens is 252 g/mol. The summed E-state index contributed by atoms with van der Waals surface area (Å²) in [5, 5.41) is 2.85. The van der Waals surface area contributed by atoms with Crippen molar-refractivity contribution in [2.75, 3.05) is 13.1 Å². The average Bonchev–Trinajstić information content (AvgIpc) is 2.46. The van der Waals surface area contributed by atoms with Crippen LogP contribution >= 0.6 is 0 Å². The molecule has 3 rings (SSSR count). The summed E-state index contributed by atoms with van der Waals surface area (Å²) in [5.74, 6) is 0.494. The smallest absolute Gasteiger partial charge is 0.252 e. The van der Waals surface area contributed by atoms with E-state index in [1.165, 1.54) is 6.42 Å². The zero-order chi connectivity index (χ0) is 14.1. The highest BCUT2D eigenvalue weighted by molar-refractivity contribution is 6.00. The van der Waals surface area contributed by atoms with Crippen molar-refractivity contribution in [2.24, 2.45) is 5.92 Å². The van der Waals surface area contributed by atoms with Crippen molar-refractivity contribution >= 4 is 11.8 Å². The predicted octanol–water partition coefficient (Wildman–Crippen LogP) is 1.60. The predicted molar refractivity (Wildman–Crippen MR) is 76.4 cm³/mol. The van der Waals surface area contributed by atoms with E-state index < -0.39 is 6.04 Å². The molecule has 1 N–H and O–H groups in total. The van der Waals surface area contributed by atoms with Crippen molar-refractivity contribution in [1.82, 2.24) is 10.2 Å². The van der Waals surface area contributed by atoms with Crippen molar-refractivity contribution in [3.8, 4) is 0 Å². The van der Waals surface area contributed by atoms with Crippen LogP contribution in [0.25, 0.3) is 0 Å². The Morgan fingerprint density at radius 3 is 2.95 bits per heavy atom. The lowest BCUT2D eigenvalue weighted by molar-refractivity contribution is -0.135. The van der Waals surface area contributed by atoms with E-state index in [-0.39, 0.29) is 11.8 Å². The summed E-state index contributed by atoms with van der Waals surface area (Å²) >= 11 is 0. The van der Waals surface area contributed by atoms with Crippen LogP contribution in [0.3, 0.4) is 0 Å². The number of fused-ring (bicyclic) bond motifs is 1. The van der Waals surface area contributed by atoms with Gasteiger partial charge >= 0.3 is 0 Å². The van der Waals surface area contributed by atoms with Crippen LogP contribution in [0, 0.1) is 5.92 Å². The maximum Gasteiger partial charge on any atom is 0.252 e. The highest BCUT2D eigenvalue weighted by Gasteiger charge is 2.32. The van der Waals surface area contributed by atoms with Gasteiger partial charge in [-0.05, 0) is 30.4 Å². The van der Waals surface area contributed by atoms with Gasteiger partial charge in [0.25, 0.3) is 5.91 Å². The van der Waals surface area contributed by atoms with E-state index in [0.29, 0.717) is 17.9 Å². The second-order valence-electron chi connectivity index (χ2n) is 5.92. The first-order valence-corrected chi connectivity index (χ1v) is 7.32. The molecule has 0 bridgehead atoms. The summed E-state index contributed by atoms with van der Waals surface area (Å²) in [6, 6.07) is 7.12. The monoisotopic (exact) mass is 272 g/mol. The third-order valence-corrected chi connectivity index (χ3v) is 4.26. The second-order valence-corrected chi connectivity index (χ2v) is 5.92. The molecule has 0 radical (unpaired) electrons. The number of amides is 2. The van der Waals surface area contributed by atoms with Gasteiger partial charge < -0.3 is 10.2 Å². The molecule has 2 aliphatic heterocycles. The summed E-state index contributed by atoms with van der Waals surface area (Å²) < 4.78 is 0. The van der Waals surface area contributed by atoms with E-state index in [9.17, 15) is 9.59 Å². The molecule has 2 atom stereocenters. The Hall–Kier alpha value is -1.84. The molecule has 2 heterocycles. The van der Waals surface area contributed by atoms with Crippen molar-refractivity contribution in [1.29, 1.82) is 0 Å². The standard InChI is InChI=1S/C16H20N2O2/c1-11-5-4-8-18(10-11)16(20)14-9-12-6-2-3-7-13(12)15(19)17-14/h2-3,6-7,11,14H,4-5,8-10H2,1H3,(H,17,19). The number of benzene rings is 1. The summed E-state index contributed by atoms with van der Waals surface area (Å²) in [5.41, 5.74) is 1.67. The Morgan fingerprint density at radius 1 is 1.35 bits per heavy atom. The van der Waals surface area contributed by atoms with Crippen LogP contribution in [0.1, 0.15) is 35.7 Å². The van der Waals surface area contributed by atoms with E-state index in [1.807, 2.05) is 29.2 Å². The highest BCUT2D eigenvalue weighted by Crippen LogP contribution is 2.20. The number of carbonyl (C=O) groups excluding carboxylic acids is 2. The number of piperidine rings is 1. The van der Waals surface area contributed by atoms with Gasteiger partial charge in [-0.1, -0.05) is 25.1 Å². The molecule has 2 amide bonds. The second kappa shape index (κ2) is 5.27. The Kier molecular flexibility index (Phi) is 3.47. The zero-order valence-corrected chi connectivity index (χ0v) is 11.8. The topological polar surface area (TPSA) is 49.4 Å². The van der Waals surface area contributed by atoms with Crippen molar-refractivity contribution in [3.05, 3.63) is 35.4 Å². The van der Waals surface area contributed by atoms with Crippen molar-refractivity contribution in [2.45, 2.75) is 32.2 Å². The fourth-order valence-corrected chi connectivity index (χ4v) is 3.19. The number of nitrogens with zero attached hydrogens (tertiary/aromatic N) is 1. The number of hydrogen-bond acceptors (Lipinski definition) is 2. The Morgan fingerprint density at radius 2 is 2.15 bits per heavy atom. The van der Waals surface area contributed by atoms with Crippen LogP contribution in [0.15, 0.2) is 24.3 Å². The number of hydrogen-bond donors (Lipinski definition) is 1. The minimum atomic E-state index is -0.400. The van der Waals surface area contributed by atoms with Crippen molar-refractivity contribution < 1.29 is 9.59 Å². The molecule has 2 aliphatic rings. The lowest BCUT2D eigenvalue weighted by Crippen LogP contribution is -2.54. The highest BCUT2D eigenvalue weighted by atomic mass is 16.2. The third kappa shape index (κ3) is 2.42. The minimum Gasteiger partial charge on any atom is -0.341 e. The molecule has 1 saturated heterocycles. The van der Waals surface area contributed by atoms with E-state index in [0.717, 1.165) is 25.1 Å². The van der Waals surface area contributed by atoms with Crippen LogP contribution in [-0.2, 0) is 11.2 Å². The molecule has 20 heavy (non-hydrogen) atoms. The minimum absolute atomic E-state index is 0.0689. The summed E-state index contributed by atoms with van der Waals surface area (Å²) in [6.45, 7) is 3.80. The fourth-order valence-electron chi connectivity index (χ4n) is 3.19. The van der Waals surface area contributed by atoms with E-state index >= 15 is 0 Å². The van der Waals surface area contributed by atoms with E-state index in [4.69, 9.17) is 0 Å². The van der Waals surface area contributed by atoms with E-state index in [2.05, 4.69) is 12.2 Å². The molecule has 1 fully saturated rings. The van der Waals surface area contributed by atoms with Gasteiger partial charge in [0, 0.05) is 25.1 Å². The molecular formula is C16H20N2O2. The maximum atomic E-state index is 12.6. The van der Waals surface area contributed by atoms with Crippen LogP contribution in [0.2, 0.25) is 0 Å². The first-order chi connectivity index (χ1) is 9.65. The summed E-state index contributed by atoms with van der Waals surface area (Å²) in [6.07, 6.45) is 2.85. The van der Waals surface area contributed by atoms with E-state index in [1.54, 1.807) is 0 Å². The Bertz CT molecular complexity index is 541. The van der Waals surface area contributed by atoms with Gasteiger partial charge in [0.1, 0.15) is 6.04 Å². The fraction of sp³-hybridized carbons (Fsp3) is 0.500. The van der Waals surface area contributed by atoms with Crippen LogP contribution in [-0.4, -0.2) is 35.8 Å². The SMILES string of the molecule is CC1CCCN(C(=O)C2Cc3ccccc3C(=O)N2)C1. The average molecular weight is 272 g/mol. The largest absolute Gasteiger partial charge is 0.341 e. The van der Waals surface area contributed by atoms with Gasteiger partial charge in [0.05, 0.1) is 0 Å². The molecule has 0 spiro atoms. The number of likely N-dealkylation sites (tertiary alicyclic amines) is 1.